The Hall–Kier alpha value is -2.20. The van der Waals surface area contributed by atoms with Crippen LogP contribution in [-0.4, -0.2) is 42.5 Å². The molecule has 4 rings (SSSR count). The first-order valence-electron chi connectivity index (χ1n) is 10.5. The minimum Gasteiger partial charge on any atom is -0.344 e. The van der Waals surface area contributed by atoms with Gasteiger partial charge in [-0.15, -0.1) is 11.3 Å². The zero-order valence-corrected chi connectivity index (χ0v) is 20.0. The number of pyridine rings is 1. The summed E-state index contributed by atoms with van der Waals surface area (Å²) in [5.74, 6) is 0.0870. The number of nitrogens with one attached hydrogen (secondary N) is 1. The molecule has 0 spiro atoms. The first-order chi connectivity index (χ1) is 15.5. The number of thiophene rings is 1. The first kappa shape index (κ1) is 23.0. The van der Waals surface area contributed by atoms with E-state index in [9.17, 15) is 13.2 Å². The minimum atomic E-state index is -3.50. The van der Waals surface area contributed by atoms with E-state index in [2.05, 4.69) is 10.3 Å². The number of nitrogens with zero attached hydrogens (tertiary/aromatic N) is 2. The molecular formula is C23H25N3O3S3. The van der Waals surface area contributed by atoms with Crippen molar-refractivity contribution in [2.75, 3.05) is 18.8 Å². The molecule has 3 aromatic rings. The van der Waals surface area contributed by atoms with Crippen molar-refractivity contribution in [3.63, 3.8) is 0 Å². The average Bonchev–Trinajstić information content (AvgIpc) is 3.37. The van der Waals surface area contributed by atoms with Gasteiger partial charge in [0.05, 0.1) is 16.8 Å². The molecule has 0 saturated carbocycles. The lowest BCUT2D eigenvalue weighted by Gasteiger charge is -2.25. The summed E-state index contributed by atoms with van der Waals surface area (Å²) < 4.78 is 27.0. The third-order valence-electron chi connectivity index (χ3n) is 5.28. The van der Waals surface area contributed by atoms with Crippen molar-refractivity contribution >= 4 is 39.0 Å². The SMILES string of the molecule is O=C(CSc1ccc(S(=O)(=O)N2CCCCC2)cn1)N[C@H](c1ccccc1)c1cccs1. The number of sulfonamides is 1. The summed E-state index contributed by atoms with van der Waals surface area (Å²) in [4.78, 5) is 18.2. The van der Waals surface area contributed by atoms with Gasteiger partial charge in [0, 0.05) is 24.2 Å². The topological polar surface area (TPSA) is 79.4 Å². The summed E-state index contributed by atoms with van der Waals surface area (Å²) in [6.45, 7) is 1.12. The van der Waals surface area contributed by atoms with Gasteiger partial charge in [0.2, 0.25) is 15.9 Å². The Balaban J connectivity index is 1.37. The highest BCUT2D eigenvalue weighted by molar-refractivity contribution is 7.99. The van der Waals surface area contributed by atoms with E-state index in [1.54, 1.807) is 23.5 Å². The maximum atomic E-state index is 12.7. The molecule has 1 atom stereocenters. The molecule has 1 fully saturated rings. The second kappa shape index (κ2) is 10.6. The quantitative estimate of drug-likeness (QED) is 0.479. The summed E-state index contributed by atoms with van der Waals surface area (Å²) in [5, 5.41) is 5.72. The molecular weight excluding hydrogens is 462 g/mol. The van der Waals surface area contributed by atoms with E-state index in [1.807, 2.05) is 47.8 Å². The van der Waals surface area contributed by atoms with E-state index in [1.165, 1.54) is 22.3 Å². The van der Waals surface area contributed by atoms with Crippen LogP contribution in [0.2, 0.25) is 0 Å². The Bertz CT molecular complexity index is 1110. The van der Waals surface area contributed by atoms with Crippen molar-refractivity contribution in [1.29, 1.82) is 0 Å². The van der Waals surface area contributed by atoms with E-state index < -0.39 is 10.0 Å². The number of carbonyl (C=O) groups is 1. The zero-order chi connectivity index (χ0) is 22.4. The molecule has 2 aromatic heterocycles. The number of piperidine rings is 1. The largest absolute Gasteiger partial charge is 0.344 e. The fraction of sp³-hybridized carbons (Fsp3) is 0.304. The van der Waals surface area contributed by atoms with E-state index in [0.29, 0.717) is 18.1 Å². The van der Waals surface area contributed by atoms with Gasteiger partial charge in [-0.2, -0.15) is 4.31 Å². The molecule has 9 heteroatoms. The van der Waals surface area contributed by atoms with Gasteiger partial charge in [0.15, 0.2) is 0 Å². The van der Waals surface area contributed by atoms with Crippen LogP contribution in [0.15, 0.2) is 76.1 Å². The second-order valence-corrected chi connectivity index (χ2v) is 11.4. The number of thioether (sulfide) groups is 1. The number of carbonyl (C=O) groups excluding carboxylic acids is 1. The summed E-state index contributed by atoms with van der Waals surface area (Å²) in [7, 11) is -3.50. The summed E-state index contributed by atoms with van der Waals surface area (Å²) in [6.07, 6.45) is 4.25. The molecule has 0 radical (unpaired) electrons. The molecule has 6 nitrogen and oxygen atoms in total. The second-order valence-electron chi connectivity index (χ2n) is 7.51. The Kier molecular flexibility index (Phi) is 7.62. The lowest BCUT2D eigenvalue weighted by atomic mass is 10.1. The van der Waals surface area contributed by atoms with Gasteiger partial charge >= 0.3 is 0 Å². The van der Waals surface area contributed by atoms with Crippen molar-refractivity contribution in [1.82, 2.24) is 14.6 Å². The van der Waals surface area contributed by atoms with Crippen LogP contribution in [0.5, 0.6) is 0 Å². The lowest BCUT2D eigenvalue weighted by molar-refractivity contribution is -0.119. The first-order valence-corrected chi connectivity index (χ1v) is 13.8. The van der Waals surface area contributed by atoms with E-state index in [4.69, 9.17) is 0 Å². The molecule has 1 aliphatic heterocycles. The molecule has 1 aromatic carbocycles. The molecule has 0 aliphatic carbocycles. The zero-order valence-electron chi connectivity index (χ0n) is 17.5. The fourth-order valence-electron chi connectivity index (χ4n) is 3.62. The van der Waals surface area contributed by atoms with E-state index in [0.717, 1.165) is 29.7 Å². The summed E-state index contributed by atoms with van der Waals surface area (Å²) in [6, 6.07) is 16.9. The highest BCUT2D eigenvalue weighted by atomic mass is 32.2. The van der Waals surface area contributed by atoms with Crippen LogP contribution >= 0.6 is 23.1 Å². The Morgan fingerprint density at radius 1 is 1.06 bits per heavy atom. The third kappa shape index (κ3) is 5.58. The van der Waals surface area contributed by atoms with Crippen LogP contribution in [-0.2, 0) is 14.8 Å². The number of amides is 1. The smallest absolute Gasteiger partial charge is 0.244 e. The van der Waals surface area contributed by atoms with Crippen LogP contribution in [0.4, 0.5) is 0 Å². The Morgan fingerprint density at radius 3 is 2.50 bits per heavy atom. The predicted molar refractivity (Wildman–Crippen MR) is 128 cm³/mol. The van der Waals surface area contributed by atoms with Gasteiger partial charge in [-0.1, -0.05) is 54.6 Å². The normalized spacial score (nSPS) is 15.9. The molecule has 32 heavy (non-hydrogen) atoms. The standard InChI is InChI=1S/C23H25N3O3S3/c27-21(25-23(20-10-7-15-30-20)18-8-3-1-4-9-18)17-31-22-12-11-19(16-24-22)32(28,29)26-13-5-2-6-14-26/h1,3-4,7-12,15-16,23H,2,5-6,13-14,17H2,(H,25,27)/t23-/m1/s1. The number of aromatic nitrogens is 1. The minimum absolute atomic E-state index is 0.107. The number of hydrogen-bond acceptors (Lipinski definition) is 6. The third-order valence-corrected chi connectivity index (χ3v) is 9.04. The van der Waals surface area contributed by atoms with Crippen LogP contribution in [0, 0.1) is 0 Å². The van der Waals surface area contributed by atoms with Crippen molar-refractivity contribution in [2.45, 2.75) is 35.2 Å². The highest BCUT2D eigenvalue weighted by Crippen LogP contribution is 2.27. The van der Waals surface area contributed by atoms with Crippen molar-refractivity contribution in [3.05, 3.63) is 76.6 Å². The van der Waals surface area contributed by atoms with Gasteiger partial charge in [-0.05, 0) is 42.0 Å². The molecule has 1 amide bonds. The monoisotopic (exact) mass is 487 g/mol. The maximum Gasteiger partial charge on any atom is 0.244 e. The van der Waals surface area contributed by atoms with Gasteiger partial charge in [0.25, 0.3) is 0 Å². The maximum absolute atomic E-state index is 12.7. The van der Waals surface area contributed by atoms with Crippen LogP contribution in [0.1, 0.15) is 35.7 Å². The van der Waals surface area contributed by atoms with Crippen LogP contribution in [0.3, 0.4) is 0 Å². The van der Waals surface area contributed by atoms with Crippen molar-refractivity contribution in [2.24, 2.45) is 0 Å². The molecule has 3 heterocycles. The number of rotatable bonds is 8. The summed E-state index contributed by atoms with van der Waals surface area (Å²) >= 11 is 2.89. The van der Waals surface area contributed by atoms with Gasteiger partial charge < -0.3 is 5.32 Å². The average molecular weight is 488 g/mol. The Labute approximate surface area is 197 Å². The number of benzene rings is 1. The number of hydrogen-bond donors (Lipinski definition) is 1. The van der Waals surface area contributed by atoms with Crippen LogP contribution < -0.4 is 5.32 Å². The Morgan fingerprint density at radius 2 is 1.84 bits per heavy atom. The van der Waals surface area contributed by atoms with E-state index in [-0.39, 0.29) is 22.6 Å². The molecule has 0 bridgehead atoms. The highest BCUT2D eigenvalue weighted by Gasteiger charge is 2.26. The molecule has 1 N–H and O–H groups in total. The van der Waals surface area contributed by atoms with Gasteiger partial charge in [-0.25, -0.2) is 13.4 Å². The van der Waals surface area contributed by atoms with Crippen molar-refractivity contribution in [3.8, 4) is 0 Å². The summed E-state index contributed by atoms with van der Waals surface area (Å²) in [5.41, 5.74) is 1.03. The predicted octanol–water partition coefficient (Wildman–Crippen LogP) is 4.32. The fourth-order valence-corrected chi connectivity index (χ4v) is 6.54. The molecule has 1 aliphatic rings. The van der Waals surface area contributed by atoms with Crippen LogP contribution in [0.25, 0.3) is 0 Å². The molecule has 168 valence electrons. The lowest BCUT2D eigenvalue weighted by Crippen LogP contribution is -2.35. The van der Waals surface area contributed by atoms with E-state index >= 15 is 0 Å². The van der Waals surface area contributed by atoms with Gasteiger partial charge in [0.1, 0.15) is 4.90 Å². The molecule has 1 saturated heterocycles. The molecule has 0 unspecified atom stereocenters. The van der Waals surface area contributed by atoms with Gasteiger partial charge in [-0.3, -0.25) is 4.79 Å². The van der Waals surface area contributed by atoms with Crippen molar-refractivity contribution < 1.29 is 13.2 Å².